The van der Waals surface area contributed by atoms with Gasteiger partial charge in [0.05, 0.1) is 4.47 Å². The Kier molecular flexibility index (Phi) is 4.35. The number of halogens is 4. The second-order valence-corrected chi connectivity index (χ2v) is 5.48. The molecule has 5 heteroatoms. The smallest absolute Gasteiger partial charge is 0.139 e. The van der Waals surface area contributed by atoms with E-state index in [1.807, 2.05) is 0 Å². The van der Waals surface area contributed by atoms with Gasteiger partial charge in [-0.05, 0) is 45.8 Å². The van der Waals surface area contributed by atoms with Crippen LogP contribution in [0.25, 0.3) is 0 Å². The van der Waals surface area contributed by atoms with Gasteiger partial charge in [-0.3, -0.25) is 0 Å². The summed E-state index contributed by atoms with van der Waals surface area (Å²) in [6, 6.07) is 8.09. The minimum Gasteiger partial charge on any atom is -0.207 e. The van der Waals surface area contributed by atoms with E-state index in [2.05, 4.69) is 15.9 Å². The highest BCUT2D eigenvalue weighted by Crippen LogP contribution is 2.27. The first kappa shape index (κ1) is 13.5. The Balaban J connectivity index is 2.09. The summed E-state index contributed by atoms with van der Waals surface area (Å²) in [4.78, 5) is 0.372. The average Bonchev–Trinajstić information content (AvgIpc) is 2.32. The normalized spacial score (nSPS) is 10.7. The highest BCUT2D eigenvalue weighted by Gasteiger charge is 2.06. The minimum atomic E-state index is -0.596. The monoisotopic (exact) mass is 332 g/mol. The molecule has 0 saturated carbocycles. The molecule has 2 aromatic rings. The lowest BCUT2D eigenvalue weighted by molar-refractivity contribution is 0.565. The van der Waals surface area contributed by atoms with E-state index in [9.17, 15) is 13.2 Å². The summed E-state index contributed by atoms with van der Waals surface area (Å²) in [5.74, 6) is -1.03. The molecule has 0 N–H and O–H groups in total. The first-order chi connectivity index (χ1) is 8.56. The van der Waals surface area contributed by atoms with Crippen molar-refractivity contribution in [3.8, 4) is 0 Å². The van der Waals surface area contributed by atoms with Crippen LogP contribution in [-0.4, -0.2) is 0 Å². The quantitative estimate of drug-likeness (QED) is 0.699. The van der Waals surface area contributed by atoms with Crippen LogP contribution < -0.4 is 0 Å². The molecule has 18 heavy (non-hydrogen) atoms. The van der Waals surface area contributed by atoms with E-state index in [1.54, 1.807) is 12.1 Å². The van der Waals surface area contributed by atoms with Crippen LogP contribution >= 0.6 is 27.7 Å². The summed E-state index contributed by atoms with van der Waals surface area (Å²) in [5.41, 5.74) is 0.858. The Morgan fingerprint density at radius 3 is 2.39 bits per heavy atom. The Hall–Kier alpha value is -0.940. The van der Waals surface area contributed by atoms with E-state index in [4.69, 9.17) is 0 Å². The Labute approximate surface area is 115 Å². The van der Waals surface area contributed by atoms with Crippen LogP contribution in [0, 0.1) is 17.5 Å². The van der Waals surface area contributed by atoms with Crippen LogP contribution in [0.15, 0.2) is 45.8 Å². The molecule has 0 radical (unpaired) electrons. The second kappa shape index (κ2) is 5.80. The fourth-order valence-electron chi connectivity index (χ4n) is 1.38. The van der Waals surface area contributed by atoms with Crippen molar-refractivity contribution in [3.63, 3.8) is 0 Å². The lowest BCUT2D eigenvalue weighted by Gasteiger charge is -2.04. The lowest BCUT2D eigenvalue weighted by atomic mass is 10.2. The van der Waals surface area contributed by atoms with Gasteiger partial charge in [-0.1, -0.05) is 6.07 Å². The third kappa shape index (κ3) is 3.29. The molecule has 2 rings (SSSR count). The van der Waals surface area contributed by atoms with Gasteiger partial charge in [-0.25, -0.2) is 13.2 Å². The topological polar surface area (TPSA) is 0 Å². The van der Waals surface area contributed by atoms with Gasteiger partial charge in [0, 0.05) is 16.7 Å². The Morgan fingerprint density at radius 1 is 0.944 bits per heavy atom. The molecule has 0 atom stereocenters. The summed E-state index contributed by atoms with van der Waals surface area (Å²) in [6.45, 7) is 0. The standard InChI is InChI=1S/C13H8BrF3S/c14-10-5-8(1-3-11(10)16)7-18-13-4-2-9(15)6-12(13)17/h1-6H,7H2. The van der Waals surface area contributed by atoms with Crippen molar-refractivity contribution in [1.82, 2.24) is 0 Å². The minimum absolute atomic E-state index is 0.336. The summed E-state index contributed by atoms with van der Waals surface area (Å²) < 4.78 is 39.5. The largest absolute Gasteiger partial charge is 0.207 e. The maximum atomic E-state index is 13.4. The number of thioether (sulfide) groups is 1. The van der Waals surface area contributed by atoms with Gasteiger partial charge >= 0.3 is 0 Å². The molecule has 0 bridgehead atoms. The molecule has 0 nitrogen and oxygen atoms in total. The zero-order chi connectivity index (χ0) is 13.1. The summed E-state index contributed by atoms with van der Waals surface area (Å²) in [7, 11) is 0. The summed E-state index contributed by atoms with van der Waals surface area (Å²) >= 11 is 4.33. The predicted molar refractivity (Wildman–Crippen MR) is 70.0 cm³/mol. The van der Waals surface area contributed by atoms with Gasteiger partial charge in [-0.15, -0.1) is 11.8 Å². The SMILES string of the molecule is Fc1ccc(SCc2ccc(F)c(Br)c2)c(F)c1. The lowest BCUT2D eigenvalue weighted by Crippen LogP contribution is -1.87. The number of hydrogen-bond acceptors (Lipinski definition) is 1. The number of benzene rings is 2. The summed E-state index contributed by atoms with van der Waals surface area (Å²) in [6.07, 6.45) is 0. The molecule has 0 aromatic heterocycles. The zero-order valence-corrected chi connectivity index (χ0v) is 11.5. The molecule has 0 heterocycles. The second-order valence-electron chi connectivity index (χ2n) is 3.61. The molecule has 0 spiro atoms. The van der Waals surface area contributed by atoms with Crippen molar-refractivity contribution >= 4 is 27.7 Å². The van der Waals surface area contributed by atoms with Gasteiger partial charge in [0.15, 0.2) is 0 Å². The Bertz CT molecular complexity index is 572. The molecule has 0 unspecified atom stereocenters. The van der Waals surface area contributed by atoms with Crippen molar-refractivity contribution in [2.45, 2.75) is 10.6 Å². The van der Waals surface area contributed by atoms with E-state index in [0.29, 0.717) is 15.1 Å². The van der Waals surface area contributed by atoms with Crippen LogP contribution in [0.2, 0.25) is 0 Å². The van der Waals surface area contributed by atoms with Gasteiger partial charge in [0.25, 0.3) is 0 Å². The van der Waals surface area contributed by atoms with E-state index >= 15 is 0 Å². The van der Waals surface area contributed by atoms with Gasteiger partial charge < -0.3 is 0 Å². The first-order valence-electron chi connectivity index (χ1n) is 5.08. The highest BCUT2D eigenvalue weighted by molar-refractivity contribution is 9.10. The highest BCUT2D eigenvalue weighted by atomic mass is 79.9. The number of hydrogen-bond donors (Lipinski definition) is 0. The van der Waals surface area contributed by atoms with Gasteiger partial charge in [-0.2, -0.15) is 0 Å². The van der Waals surface area contributed by atoms with Crippen LogP contribution in [0.5, 0.6) is 0 Å². The van der Waals surface area contributed by atoms with Gasteiger partial charge in [0.1, 0.15) is 17.5 Å². The molecule has 2 aromatic carbocycles. The van der Waals surface area contributed by atoms with E-state index < -0.39 is 11.6 Å². The number of rotatable bonds is 3. The molecular weight excluding hydrogens is 325 g/mol. The molecule has 0 amide bonds. The molecule has 94 valence electrons. The molecule has 0 saturated heterocycles. The van der Waals surface area contributed by atoms with Crippen LogP contribution in [0.3, 0.4) is 0 Å². The fourth-order valence-corrected chi connectivity index (χ4v) is 2.67. The van der Waals surface area contributed by atoms with Gasteiger partial charge in [0.2, 0.25) is 0 Å². The summed E-state index contributed by atoms with van der Waals surface area (Å²) in [5, 5.41) is 0. The van der Waals surface area contributed by atoms with E-state index in [0.717, 1.165) is 11.6 Å². The van der Waals surface area contributed by atoms with Crippen molar-refractivity contribution in [2.75, 3.05) is 0 Å². The van der Waals surface area contributed by atoms with Crippen molar-refractivity contribution in [2.24, 2.45) is 0 Å². The maximum Gasteiger partial charge on any atom is 0.139 e. The first-order valence-corrected chi connectivity index (χ1v) is 6.86. The van der Waals surface area contributed by atoms with E-state index in [-0.39, 0.29) is 5.82 Å². The molecular formula is C13H8BrF3S. The van der Waals surface area contributed by atoms with Crippen LogP contribution in [-0.2, 0) is 5.75 Å². The molecule has 0 aliphatic rings. The molecule has 0 fully saturated rings. The van der Waals surface area contributed by atoms with E-state index in [1.165, 1.54) is 30.0 Å². The average molecular weight is 333 g/mol. The maximum absolute atomic E-state index is 13.4. The van der Waals surface area contributed by atoms with Crippen molar-refractivity contribution < 1.29 is 13.2 Å². The third-order valence-electron chi connectivity index (χ3n) is 2.27. The fraction of sp³-hybridized carbons (Fsp3) is 0.0769. The third-order valence-corrected chi connectivity index (χ3v) is 4.00. The van der Waals surface area contributed by atoms with Crippen molar-refractivity contribution in [1.29, 1.82) is 0 Å². The Morgan fingerprint density at radius 2 is 1.72 bits per heavy atom. The molecule has 0 aliphatic carbocycles. The van der Waals surface area contributed by atoms with Crippen LogP contribution in [0.1, 0.15) is 5.56 Å². The molecule has 0 aliphatic heterocycles. The van der Waals surface area contributed by atoms with Crippen molar-refractivity contribution in [3.05, 3.63) is 63.9 Å². The predicted octanol–water partition coefficient (Wildman–Crippen LogP) is 5.16. The zero-order valence-electron chi connectivity index (χ0n) is 9.09. The van der Waals surface area contributed by atoms with Crippen LogP contribution in [0.4, 0.5) is 13.2 Å².